The summed E-state index contributed by atoms with van der Waals surface area (Å²) >= 11 is 0. The van der Waals surface area contributed by atoms with Crippen molar-refractivity contribution in [3.63, 3.8) is 0 Å². The number of hydrogen-bond acceptors (Lipinski definition) is 4. The quantitative estimate of drug-likeness (QED) is 0.617. The Morgan fingerprint density at radius 1 is 0.966 bits per heavy atom. The Morgan fingerprint density at radius 3 is 2.48 bits per heavy atom. The van der Waals surface area contributed by atoms with E-state index in [9.17, 15) is 9.59 Å². The van der Waals surface area contributed by atoms with Crippen LogP contribution < -0.4 is 15.4 Å². The molecular formula is C23H23N3O3. The molecule has 0 saturated heterocycles. The van der Waals surface area contributed by atoms with Crippen molar-refractivity contribution in [2.75, 3.05) is 11.9 Å². The molecule has 2 N–H and O–H groups in total. The van der Waals surface area contributed by atoms with Crippen LogP contribution in [-0.4, -0.2) is 23.3 Å². The highest BCUT2D eigenvalue weighted by atomic mass is 16.5. The molecule has 148 valence electrons. The molecule has 0 aliphatic carbocycles. The number of nitrogens with one attached hydrogen (secondary N) is 2. The van der Waals surface area contributed by atoms with Crippen molar-refractivity contribution in [3.05, 3.63) is 89.7 Å². The number of para-hydroxylation sites is 2. The van der Waals surface area contributed by atoms with Gasteiger partial charge in [0.05, 0.1) is 12.1 Å². The van der Waals surface area contributed by atoms with Crippen LogP contribution in [0.5, 0.6) is 5.75 Å². The first kappa shape index (κ1) is 20.1. The first-order valence-corrected chi connectivity index (χ1v) is 9.44. The molecule has 3 rings (SSSR count). The molecule has 1 aromatic heterocycles. The maximum Gasteiger partial charge on any atom is 0.255 e. The third kappa shape index (κ3) is 5.65. The van der Waals surface area contributed by atoms with Gasteiger partial charge in [-0.05, 0) is 47.9 Å². The van der Waals surface area contributed by atoms with Crippen LogP contribution in [0.3, 0.4) is 0 Å². The molecule has 0 fully saturated rings. The number of benzene rings is 2. The summed E-state index contributed by atoms with van der Waals surface area (Å²) in [5, 5.41) is 5.49. The van der Waals surface area contributed by atoms with Gasteiger partial charge in [-0.1, -0.05) is 37.3 Å². The summed E-state index contributed by atoms with van der Waals surface area (Å²) in [4.78, 5) is 28.8. The number of aryl methyl sites for hydroxylation is 1. The third-order valence-electron chi connectivity index (χ3n) is 4.36. The highest BCUT2D eigenvalue weighted by molar-refractivity contribution is 6.01. The summed E-state index contributed by atoms with van der Waals surface area (Å²) in [6.07, 6.45) is 4.18. The van der Waals surface area contributed by atoms with Crippen LogP contribution in [0.15, 0.2) is 73.1 Å². The van der Waals surface area contributed by atoms with Crippen molar-refractivity contribution in [2.24, 2.45) is 0 Å². The van der Waals surface area contributed by atoms with Gasteiger partial charge in [-0.15, -0.1) is 0 Å². The summed E-state index contributed by atoms with van der Waals surface area (Å²) < 4.78 is 5.79. The Balaban J connectivity index is 1.58. The number of rotatable bonds is 8. The maximum absolute atomic E-state index is 12.6. The van der Waals surface area contributed by atoms with E-state index < -0.39 is 0 Å². The molecule has 0 saturated carbocycles. The van der Waals surface area contributed by atoms with E-state index in [1.807, 2.05) is 43.3 Å². The summed E-state index contributed by atoms with van der Waals surface area (Å²) in [5.41, 5.74) is 3.13. The predicted octanol–water partition coefficient (Wildman–Crippen LogP) is 3.59. The molecule has 0 radical (unpaired) electrons. The molecule has 3 aromatic rings. The second kappa shape index (κ2) is 10.0. The zero-order chi connectivity index (χ0) is 20.5. The lowest BCUT2D eigenvalue weighted by molar-refractivity contribution is -0.115. The van der Waals surface area contributed by atoms with E-state index >= 15 is 0 Å². The van der Waals surface area contributed by atoms with E-state index in [-0.39, 0.29) is 18.4 Å². The molecule has 0 bridgehead atoms. The monoisotopic (exact) mass is 389 g/mol. The van der Waals surface area contributed by atoms with Crippen molar-refractivity contribution >= 4 is 17.5 Å². The fourth-order valence-corrected chi connectivity index (χ4v) is 2.82. The molecule has 1 heterocycles. The molecule has 2 aromatic carbocycles. The van der Waals surface area contributed by atoms with Gasteiger partial charge in [0, 0.05) is 18.1 Å². The van der Waals surface area contributed by atoms with E-state index in [1.165, 1.54) is 0 Å². The van der Waals surface area contributed by atoms with E-state index in [1.54, 1.807) is 36.7 Å². The molecule has 0 aliphatic heterocycles. The SMILES string of the molecule is CCc1ccccc1NC(=O)CNC(=O)c1ccccc1OCc1ccncc1. The number of pyridine rings is 1. The summed E-state index contributed by atoms with van der Waals surface area (Å²) in [7, 11) is 0. The van der Waals surface area contributed by atoms with Gasteiger partial charge < -0.3 is 15.4 Å². The number of nitrogens with zero attached hydrogens (tertiary/aromatic N) is 1. The lowest BCUT2D eigenvalue weighted by atomic mass is 10.1. The number of carbonyl (C=O) groups excluding carboxylic acids is 2. The number of anilines is 1. The predicted molar refractivity (Wildman–Crippen MR) is 112 cm³/mol. The highest BCUT2D eigenvalue weighted by Crippen LogP contribution is 2.19. The smallest absolute Gasteiger partial charge is 0.255 e. The second-order valence-corrected chi connectivity index (χ2v) is 6.38. The second-order valence-electron chi connectivity index (χ2n) is 6.38. The fourth-order valence-electron chi connectivity index (χ4n) is 2.82. The molecule has 0 aliphatic rings. The lowest BCUT2D eigenvalue weighted by Crippen LogP contribution is -2.33. The van der Waals surface area contributed by atoms with Gasteiger partial charge in [0.2, 0.25) is 5.91 Å². The van der Waals surface area contributed by atoms with Gasteiger partial charge in [-0.25, -0.2) is 0 Å². The van der Waals surface area contributed by atoms with Crippen molar-refractivity contribution in [3.8, 4) is 5.75 Å². The molecule has 0 atom stereocenters. The minimum absolute atomic E-state index is 0.129. The van der Waals surface area contributed by atoms with Crippen LogP contribution in [0, 0.1) is 0 Å². The van der Waals surface area contributed by atoms with Gasteiger partial charge in [0.1, 0.15) is 12.4 Å². The normalized spacial score (nSPS) is 10.2. The first-order chi connectivity index (χ1) is 14.2. The summed E-state index contributed by atoms with van der Waals surface area (Å²) in [6.45, 7) is 2.21. The van der Waals surface area contributed by atoms with E-state index in [0.29, 0.717) is 17.9 Å². The summed E-state index contributed by atoms with van der Waals surface area (Å²) in [6, 6.07) is 18.3. The molecule has 0 spiro atoms. The van der Waals surface area contributed by atoms with Gasteiger partial charge in [0.25, 0.3) is 5.91 Å². The van der Waals surface area contributed by atoms with E-state index in [4.69, 9.17) is 4.74 Å². The minimum Gasteiger partial charge on any atom is -0.488 e. The number of aromatic nitrogens is 1. The minimum atomic E-state index is -0.366. The van der Waals surface area contributed by atoms with Crippen LogP contribution >= 0.6 is 0 Å². The average molecular weight is 389 g/mol. The molecule has 6 nitrogen and oxygen atoms in total. The molecular weight excluding hydrogens is 366 g/mol. The maximum atomic E-state index is 12.6. The van der Waals surface area contributed by atoms with Crippen molar-refractivity contribution in [1.29, 1.82) is 0 Å². The van der Waals surface area contributed by atoms with Crippen molar-refractivity contribution < 1.29 is 14.3 Å². The number of hydrogen-bond donors (Lipinski definition) is 2. The van der Waals surface area contributed by atoms with Crippen LogP contribution in [0.4, 0.5) is 5.69 Å². The van der Waals surface area contributed by atoms with E-state index in [0.717, 1.165) is 23.2 Å². The Morgan fingerprint density at radius 2 is 1.69 bits per heavy atom. The standard InChI is InChI=1S/C23H23N3O3/c1-2-18-7-3-5-9-20(18)26-22(27)15-25-23(28)19-8-4-6-10-21(19)29-16-17-11-13-24-14-12-17/h3-14H,2,15-16H2,1H3,(H,25,28)(H,26,27). The number of carbonyl (C=O) groups is 2. The Labute approximate surface area is 169 Å². The van der Waals surface area contributed by atoms with Gasteiger partial charge in [0.15, 0.2) is 0 Å². The largest absolute Gasteiger partial charge is 0.488 e. The van der Waals surface area contributed by atoms with Crippen LogP contribution in [0.2, 0.25) is 0 Å². The number of amides is 2. The first-order valence-electron chi connectivity index (χ1n) is 9.44. The Kier molecular flexibility index (Phi) is 6.95. The van der Waals surface area contributed by atoms with Crippen molar-refractivity contribution in [1.82, 2.24) is 10.3 Å². The van der Waals surface area contributed by atoms with Crippen LogP contribution in [-0.2, 0) is 17.8 Å². The third-order valence-corrected chi connectivity index (χ3v) is 4.36. The molecule has 29 heavy (non-hydrogen) atoms. The average Bonchev–Trinajstić information content (AvgIpc) is 2.77. The Bertz CT molecular complexity index is 974. The number of ether oxygens (including phenoxy) is 1. The zero-order valence-electron chi connectivity index (χ0n) is 16.2. The topological polar surface area (TPSA) is 80.3 Å². The van der Waals surface area contributed by atoms with Gasteiger partial charge in [-0.3, -0.25) is 14.6 Å². The highest BCUT2D eigenvalue weighted by Gasteiger charge is 2.14. The van der Waals surface area contributed by atoms with Gasteiger partial charge >= 0.3 is 0 Å². The van der Waals surface area contributed by atoms with Crippen LogP contribution in [0.1, 0.15) is 28.4 Å². The van der Waals surface area contributed by atoms with Gasteiger partial charge in [-0.2, -0.15) is 0 Å². The Hall–Kier alpha value is -3.67. The lowest BCUT2D eigenvalue weighted by Gasteiger charge is -2.13. The van der Waals surface area contributed by atoms with Crippen molar-refractivity contribution in [2.45, 2.75) is 20.0 Å². The zero-order valence-corrected chi connectivity index (χ0v) is 16.2. The molecule has 0 unspecified atom stereocenters. The fraction of sp³-hybridized carbons (Fsp3) is 0.174. The summed E-state index contributed by atoms with van der Waals surface area (Å²) in [5.74, 6) is -0.192. The van der Waals surface area contributed by atoms with E-state index in [2.05, 4.69) is 15.6 Å². The van der Waals surface area contributed by atoms with Crippen LogP contribution in [0.25, 0.3) is 0 Å². The molecule has 2 amide bonds. The molecule has 6 heteroatoms.